The number of amides is 1. The van der Waals surface area contributed by atoms with Crippen molar-refractivity contribution >= 4 is 11.9 Å². The van der Waals surface area contributed by atoms with Crippen molar-refractivity contribution in [2.45, 2.75) is 6.04 Å². The van der Waals surface area contributed by atoms with E-state index < -0.39 is 5.97 Å². The van der Waals surface area contributed by atoms with Gasteiger partial charge in [0, 0.05) is 5.56 Å². The Morgan fingerprint density at radius 2 is 1.31 bits per heavy atom. The molecule has 3 rings (SSSR count). The number of hydrogen-bond donors (Lipinski definition) is 1. The number of rotatable bonds is 5. The lowest BCUT2D eigenvalue weighted by Crippen LogP contribution is -2.29. The van der Waals surface area contributed by atoms with Crippen LogP contribution in [-0.2, 0) is 4.74 Å². The fourth-order valence-corrected chi connectivity index (χ4v) is 2.77. The van der Waals surface area contributed by atoms with Crippen molar-refractivity contribution in [3.63, 3.8) is 0 Å². The molecule has 0 unspecified atom stereocenters. The maximum absolute atomic E-state index is 12.8. The first-order chi connectivity index (χ1) is 12.7. The Morgan fingerprint density at radius 3 is 1.85 bits per heavy atom. The highest BCUT2D eigenvalue weighted by Crippen LogP contribution is 2.22. The third-order valence-corrected chi connectivity index (χ3v) is 4.09. The second-order valence-electron chi connectivity index (χ2n) is 5.80. The first-order valence-electron chi connectivity index (χ1n) is 8.28. The molecule has 4 heteroatoms. The third-order valence-electron chi connectivity index (χ3n) is 4.09. The summed E-state index contributed by atoms with van der Waals surface area (Å²) in [7, 11) is 1.32. The summed E-state index contributed by atoms with van der Waals surface area (Å²) in [5.41, 5.74) is 2.72. The van der Waals surface area contributed by atoms with Gasteiger partial charge in [-0.15, -0.1) is 0 Å². The van der Waals surface area contributed by atoms with Crippen molar-refractivity contribution < 1.29 is 14.3 Å². The van der Waals surface area contributed by atoms with Crippen LogP contribution in [-0.4, -0.2) is 19.0 Å². The van der Waals surface area contributed by atoms with E-state index in [1.54, 1.807) is 18.2 Å². The van der Waals surface area contributed by atoms with Gasteiger partial charge in [0.25, 0.3) is 5.91 Å². The molecule has 0 saturated carbocycles. The molecular formula is C22H19NO3. The summed E-state index contributed by atoms with van der Waals surface area (Å²) in [6, 6.07) is 25.7. The number of carbonyl (C=O) groups excluding carboxylic acids is 2. The predicted octanol–water partition coefficient (Wildman–Crippen LogP) is 3.99. The molecule has 1 N–H and O–H groups in total. The SMILES string of the molecule is COC(=O)c1cccc(C(=O)NC(c2ccccc2)c2ccccc2)c1. The Bertz CT molecular complexity index is 852. The van der Waals surface area contributed by atoms with Crippen molar-refractivity contribution in [2.75, 3.05) is 7.11 Å². The van der Waals surface area contributed by atoms with Gasteiger partial charge in [0.05, 0.1) is 18.7 Å². The van der Waals surface area contributed by atoms with Crippen LogP contribution in [0, 0.1) is 0 Å². The molecule has 0 bridgehead atoms. The molecule has 1 amide bonds. The average Bonchev–Trinajstić information content (AvgIpc) is 2.72. The molecule has 26 heavy (non-hydrogen) atoms. The Labute approximate surface area is 152 Å². The number of ether oxygens (including phenoxy) is 1. The van der Waals surface area contributed by atoms with Gasteiger partial charge in [-0.2, -0.15) is 0 Å². The van der Waals surface area contributed by atoms with Crippen LogP contribution in [0.5, 0.6) is 0 Å². The summed E-state index contributed by atoms with van der Waals surface area (Å²) in [5.74, 6) is -0.726. The van der Waals surface area contributed by atoms with Gasteiger partial charge in [-0.05, 0) is 29.3 Å². The summed E-state index contributed by atoms with van der Waals surface area (Å²) in [6.45, 7) is 0. The van der Waals surface area contributed by atoms with Crippen LogP contribution in [0.4, 0.5) is 0 Å². The predicted molar refractivity (Wildman–Crippen MR) is 100.0 cm³/mol. The van der Waals surface area contributed by atoms with E-state index in [0.717, 1.165) is 11.1 Å². The zero-order valence-electron chi connectivity index (χ0n) is 14.4. The zero-order chi connectivity index (χ0) is 18.4. The maximum Gasteiger partial charge on any atom is 0.337 e. The molecule has 0 aliphatic heterocycles. The van der Waals surface area contributed by atoms with E-state index in [1.165, 1.54) is 13.2 Å². The standard InChI is InChI=1S/C22H19NO3/c1-26-22(25)19-14-8-13-18(15-19)21(24)23-20(16-9-4-2-5-10-16)17-11-6-3-7-12-17/h2-15,20H,1H3,(H,23,24). The molecular weight excluding hydrogens is 326 g/mol. The summed E-state index contributed by atoms with van der Waals surface area (Å²) < 4.78 is 4.72. The number of hydrogen-bond acceptors (Lipinski definition) is 3. The molecule has 0 fully saturated rings. The molecule has 0 aliphatic rings. The van der Waals surface area contributed by atoms with Crippen LogP contribution < -0.4 is 5.32 Å². The van der Waals surface area contributed by atoms with E-state index in [-0.39, 0.29) is 11.9 Å². The maximum atomic E-state index is 12.8. The third kappa shape index (κ3) is 3.98. The van der Waals surface area contributed by atoms with E-state index in [1.807, 2.05) is 60.7 Å². The smallest absolute Gasteiger partial charge is 0.337 e. The van der Waals surface area contributed by atoms with E-state index >= 15 is 0 Å². The molecule has 0 aliphatic carbocycles. The van der Waals surface area contributed by atoms with Gasteiger partial charge in [0.2, 0.25) is 0 Å². The minimum absolute atomic E-state index is 0.256. The van der Waals surface area contributed by atoms with Crippen LogP contribution in [0.3, 0.4) is 0 Å². The first kappa shape index (κ1) is 17.4. The second-order valence-corrected chi connectivity index (χ2v) is 5.80. The summed E-state index contributed by atoms with van der Waals surface area (Å²) in [5, 5.41) is 3.06. The first-order valence-corrected chi connectivity index (χ1v) is 8.28. The van der Waals surface area contributed by atoms with E-state index in [9.17, 15) is 9.59 Å². The number of nitrogens with one attached hydrogen (secondary N) is 1. The lowest BCUT2D eigenvalue weighted by molar-refractivity contribution is 0.0600. The number of carbonyl (C=O) groups is 2. The van der Waals surface area contributed by atoms with Crippen LogP contribution in [0.2, 0.25) is 0 Å². The van der Waals surface area contributed by atoms with Crippen LogP contribution in [0.15, 0.2) is 84.9 Å². The second kappa shape index (κ2) is 8.12. The molecule has 3 aromatic rings. The summed E-state index contributed by atoms with van der Waals surface area (Å²) in [4.78, 5) is 24.5. The zero-order valence-corrected chi connectivity index (χ0v) is 14.4. The monoisotopic (exact) mass is 345 g/mol. The minimum Gasteiger partial charge on any atom is -0.465 e. The highest BCUT2D eigenvalue weighted by molar-refractivity contribution is 5.98. The average molecular weight is 345 g/mol. The number of methoxy groups -OCH3 is 1. The van der Waals surface area contributed by atoms with Gasteiger partial charge in [0.1, 0.15) is 0 Å². The molecule has 0 atom stereocenters. The van der Waals surface area contributed by atoms with Crippen LogP contribution in [0.25, 0.3) is 0 Å². The fourth-order valence-electron chi connectivity index (χ4n) is 2.77. The highest BCUT2D eigenvalue weighted by atomic mass is 16.5. The van der Waals surface area contributed by atoms with Crippen molar-refractivity contribution in [3.05, 3.63) is 107 Å². The quantitative estimate of drug-likeness (QED) is 0.711. The molecule has 4 nitrogen and oxygen atoms in total. The molecule has 130 valence electrons. The topological polar surface area (TPSA) is 55.4 Å². The highest BCUT2D eigenvalue weighted by Gasteiger charge is 2.18. The summed E-state index contributed by atoms with van der Waals surface area (Å²) in [6.07, 6.45) is 0. The molecule has 3 aromatic carbocycles. The van der Waals surface area contributed by atoms with Crippen molar-refractivity contribution in [2.24, 2.45) is 0 Å². The number of esters is 1. The van der Waals surface area contributed by atoms with Crippen LogP contribution >= 0.6 is 0 Å². The van der Waals surface area contributed by atoms with E-state index in [2.05, 4.69) is 5.32 Å². The van der Waals surface area contributed by atoms with E-state index in [4.69, 9.17) is 4.74 Å². The van der Waals surface area contributed by atoms with Gasteiger partial charge in [-0.25, -0.2) is 4.79 Å². The van der Waals surface area contributed by atoms with Gasteiger partial charge in [0.15, 0.2) is 0 Å². The van der Waals surface area contributed by atoms with Gasteiger partial charge in [-0.3, -0.25) is 4.79 Å². The largest absolute Gasteiger partial charge is 0.465 e. The molecule has 0 saturated heterocycles. The van der Waals surface area contributed by atoms with Crippen molar-refractivity contribution in [3.8, 4) is 0 Å². The Morgan fingerprint density at radius 1 is 0.769 bits per heavy atom. The molecule has 0 heterocycles. The summed E-state index contributed by atoms with van der Waals surface area (Å²) >= 11 is 0. The molecule has 0 aromatic heterocycles. The minimum atomic E-state index is -0.470. The van der Waals surface area contributed by atoms with Crippen molar-refractivity contribution in [1.82, 2.24) is 5.32 Å². The van der Waals surface area contributed by atoms with E-state index in [0.29, 0.717) is 11.1 Å². The Kier molecular flexibility index (Phi) is 5.44. The normalized spacial score (nSPS) is 10.4. The Balaban J connectivity index is 1.90. The van der Waals surface area contributed by atoms with Gasteiger partial charge in [-0.1, -0.05) is 66.7 Å². The molecule has 0 radical (unpaired) electrons. The fraction of sp³-hybridized carbons (Fsp3) is 0.0909. The number of benzene rings is 3. The van der Waals surface area contributed by atoms with Gasteiger partial charge < -0.3 is 10.1 Å². The Hall–Kier alpha value is -3.40. The lowest BCUT2D eigenvalue weighted by atomic mass is 9.98. The molecule has 0 spiro atoms. The lowest BCUT2D eigenvalue weighted by Gasteiger charge is -2.20. The van der Waals surface area contributed by atoms with Crippen LogP contribution in [0.1, 0.15) is 37.9 Å². The van der Waals surface area contributed by atoms with Crippen molar-refractivity contribution in [1.29, 1.82) is 0 Å². The van der Waals surface area contributed by atoms with Gasteiger partial charge >= 0.3 is 5.97 Å².